The van der Waals surface area contributed by atoms with Crippen LogP contribution in [0.2, 0.25) is 5.02 Å². The third kappa shape index (κ3) is 4.24. The van der Waals surface area contributed by atoms with Crippen LogP contribution in [0.25, 0.3) is 0 Å². The third-order valence-corrected chi connectivity index (χ3v) is 4.51. The summed E-state index contributed by atoms with van der Waals surface area (Å²) < 4.78 is 16.2. The lowest BCUT2D eigenvalue weighted by Gasteiger charge is -2.21. The predicted molar refractivity (Wildman–Crippen MR) is 74.3 cm³/mol. The maximum absolute atomic E-state index is 9.01. The minimum atomic E-state index is -2.86. The number of halogens is 1. The van der Waals surface area contributed by atoms with Crippen LogP contribution in [0.15, 0.2) is 18.2 Å². The quantitative estimate of drug-likeness (QED) is 0.746. The molecule has 1 rings (SSSR count). The van der Waals surface area contributed by atoms with E-state index in [0.29, 0.717) is 29.5 Å². The summed E-state index contributed by atoms with van der Waals surface area (Å²) in [5.41, 5.74) is 0.302. The molecule has 0 aliphatic carbocycles. The van der Waals surface area contributed by atoms with E-state index in [9.17, 15) is 0 Å². The second-order valence-electron chi connectivity index (χ2n) is 3.13. The topological polar surface area (TPSA) is 51.5 Å². The molecule has 0 heterocycles. The van der Waals surface area contributed by atoms with Gasteiger partial charge in [0.15, 0.2) is 0 Å². The van der Waals surface area contributed by atoms with E-state index in [2.05, 4.69) is 0 Å². The number of hydrogen-bond donors (Lipinski definition) is 0. The highest BCUT2D eigenvalue weighted by Crippen LogP contribution is 2.50. The lowest BCUT2D eigenvalue weighted by molar-refractivity contribution is 0.217. The average Bonchev–Trinajstić information content (AvgIpc) is 2.32. The molecule has 1 aromatic rings. The monoisotopic (exact) mass is 305 g/mol. The Labute approximate surface area is 117 Å². The molecule has 0 bridgehead atoms. The van der Waals surface area contributed by atoms with E-state index in [-0.39, 0.29) is 0 Å². The van der Waals surface area contributed by atoms with Crippen LogP contribution < -0.4 is 4.52 Å². The van der Waals surface area contributed by atoms with E-state index in [0.717, 1.165) is 0 Å². The smallest absolute Gasteiger partial charge is 0.380 e. The van der Waals surface area contributed by atoms with Gasteiger partial charge in [-0.05, 0) is 32.0 Å². The summed E-state index contributed by atoms with van der Waals surface area (Å²) in [5, 5.41) is 9.47. The first-order valence-electron chi connectivity index (χ1n) is 5.33. The van der Waals surface area contributed by atoms with Gasteiger partial charge in [-0.1, -0.05) is 11.6 Å². The Kier molecular flexibility index (Phi) is 6.07. The highest BCUT2D eigenvalue weighted by atomic mass is 35.5. The zero-order valence-electron chi connectivity index (χ0n) is 10.1. The van der Waals surface area contributed by atoms with E-state index in [1.54, 1.807) is 26.0 Å². The van der Waals surface area contributed by atoms with Crippen molar-refractivity contribution in [3.8, 4) is 11.8 Å². The van der Waals surface area contributed by atoms with Gasteiger partial charge in [0.25, 0.3) is 0 Å². The Morgan fingerprint density at radius 1 is 1.33 bits per heavy atom. The summed E-state index contributed by atoms with van der Waals surface area (Å²) in [7, 11) is 0. The lowest BCUT2D eigenvalue weighted by atomic mass is 10.2. The van der Waals surface area contributed by atoms with Gasteiger partial charge in [0.2, 0.25) is 0 Å². The van der Waals surface area contributed by atoms with Crippen molar-refractivity contribution in [1.82, 2.24) is 0 Å². The average molecular weight is 306 g/mol. The first-order chi connectivity index (χ1) is 8.54. The first kappa shape index (κ1) is 15.4. The van der Waals surface area contributed by atoms with Crippen LogP contribution >= 0.6 is 18.3 Å². The second-order valence-corrected chi connectivity index (χ2v) is 6.50. The standard InChI is InChI=1S/C11H13ClNO3PS/c1-3-14-17(18,15-4-2)16-11-6-5-10(12)7-9(11)8-13/h5-7H,3-4H2,1-2H3. The molecule has 0 atom stereocenters. The van der Waals surface area contributed by atoms with Crippen molar-refractivity contribution < 1.29 is 13.6 Å². The van der Waals surface area contributed by atoms with Crippen LogP contribution in [-0.4, -0.2) is 13.2 Å². The van der Waals surface area contributed by atoms with Crippen molar-refractivity contribution in [3.05, 3.63) is 28.8 Å². The fourth-order valence-corrected chi connectivity index (χ4v) is 3.45. The minimum absolute atomic E-state index is 0.302. The molecule has 0 fully saturated rings. The van der Waals surface area contributed by atoms with Gasteiger partial charge in [0.05, 0.1) is 18.8 Å². The Hall–Kier alpha value is -0.630. The van der Waals surface area contributed by atoms with Gasteiger partial charge in [-0.25, -0.2) is 0 Å². The van der Waals surface area contributed by atoms with Crippen LogP contribution in [-0.2, 0) is 20.9 Å². The minimum Gasteiger partial charge on any atom is -0.423 e. The second kappa shape index (κ2) is 7.08. The van der Waals surface area contributed by atoms with E-state index >= 15 is 0 Å². The SMILES string of the molecule is CCOP(=S)(OCC)Oc1ccc(Cl)cc1C#N. The van der Waals surface area contributed by atoms with Gasteiger partial charge in [-0.15, -0.1) is 0 Å². The zero-order chi connectivity index (χ0) is 13.6. The van der Waals surface area contributed by atoms with Gasteiger partial charge in [0.1, 0.15) is 11.8 Å². The molecule has 0 aromatic heterocycles. The van der Waals surface area contributed by atoms with Crippen molar-refractivity contribution in [2.45, 2.75) is 13.8 Å². The molecule has 18 heavy (non-hydrogen) atoms. The molecular weight excluding hydrogens is 293 g/mol. The summed E-state index contributed by atoms with van der Waals surface area (Å²) in [5.74, 6) is 0.326. The molecule has 0 amide bonds. The summed E-state index contributed by atoms with van der Waals surface area (Å²) in [6, 6.07) is 6.71. The molecule has 7 heteroatoms. The summed E-state index contributed by atoms with van der Waals surface area (Å²) in [6.07, 6.45) is 0. The zero-order valence-corrected chi connectivity index (χ0v) is 12.5. The Bertz CT molecular complexity index is 494. The van der Waals surface area contributed by atoms with Crippen molar-refractivity contribution in [2.24, 2.45) is 0 Å². The number of nitrogens with zero attached hydrogens (tertiary/aromatic N) is 1. The highest BCUT2D eigenvalue weighted by molar-refractivity contribution is 8.07. The van der Waals surface area contributed by atoms with E-state index in [4.69, 9.17) is 42.2 Å². The third-order valence-electron chi connectivity index (χ3n) is 1.85. The summed E-state index contributed by atoms with van der Waals surface area (Å²) in [4.78, 5) is 0. The molecule has 1 aromatic carbocycles. The Balaban J connectivity index is 3.01. The highest BCUT2D eigenvalue weighted by Gasteiger charge is 2.22. The summed E-state index contributed by atoms with van der Waals surface area (Å²) >= 11 is 11.0. The largest absolute Gasteiger partial charge is 0.423 e. The normalized spacial score (nSPS) is 11.0. The molecule has 98 valence electrons. The first-order valence-corrected chi connectivity index (χ1v) is 8.26. The van der Waals surface area contributed by atoms with Gasteiger partial charge in [-0.3, -0.25) is 9.05 Å². The fourth-order valence-electron chi connectivity index (χ4n) is 1.20. The van der Waals surface area contributed by atoms with Crippen LogP contribution in [0.5, 0.6) is 5.75 Å². The van der Waals surface area contributed by atoms with E-state index < -0.39 is 6.72 Å². The molecule has 0 saturated carbocycles. The van der Waals surface area contributed by atoms with Crippen LogP contribution in [0.1, 0.15) is 19.4 Å². The van der Waals surface area contributed by atoms with E-state index in [1.807, 2.05) is 6.07 Å². The van der Waals surface area contributed by atoms with E-state index in [1.165, 1.54) is 6.07 Å². The summed E-state index contributed by atoms with van der Waals surface area (Å²) in [6.45, 7) is 1.51. The van der Waals surface area contributed by atoms with Gasteiger partial charge in [0, 0.05) is 16.8 Å². The molecule has 4 nitrogen and oxygen atoms in total. The van der Waals surface area contributed by atoms with Crippen LogP contribution in [0, 0.1) is 11.3 Å². The van der Waals surface area contributed by atoms with Crippen molar-refractivity contribution >= 4 is 30.1 Å². The predicted octanol–water partition coefficient (Wildman–Crippen LogP) is 3.89. The lowest BCUT2D eigenvalue weighted by Crippen LogP contribution is -2.03. The van der Waals surface area contributed by atoms with Crippen LogP contribution in [0.3, 0.4) is 0 Å². The number of nitriles is 1. The Morgan fingerprint density at radius 2 is 1.94 bits per heavy atom. The molecule has 0 spiro atoms. The van der Waals surface area contributed by atoms with Crippen molar-refractivity contribution in [2.75, 3.05) is 13.2 Å². The van der Waals surface area contributed by atoms with Crippen molar-refractivity contribution in [1.29, 1.82) is 5.26 Å². The molecule has 0 aliphatic heterocycles. The number of rotatable bonds is 6. The fraction of sp³-hybridized carbons (Fsp3) is 0.364. The van der Waals surface area contributed by atoms with Gasteiger partial charge < -0.3 is 4.52 Å². The Morgan fingerprint density at radius 3 is 2.44 bits per heavy atom. The molecular formula is C11H13ClNO3PS. The molecule has 0 unspecified atom stereocenters. The van der Waals surface area contributed by atoms with Gasteiger partial charge in [-0.2, -0.15) is 5.26 Å². The maximum Gasteiger partial charge on any atom is 0.380 e. The molecule has 0 aliphatic rings. The molecule has 0 saturated heterocycles. The van der Waals surface area contributed by atoms with Crippen LogP contribution in [0.4, 0.5) is 0 Å². The van der Waals surface area contributed by atoms with Gasteiger partial charge >= 0.3 is 6.72 Å². The number of hydrogen-bond acceptors (Lipinski definition) is 5. The molecule has 0 N–H and O–H groups in total. The number of benzene rings is 1. The van der Waals surface area contributed by atoms with Crippen molar-refractivity contribution in [3.63, 3.8) is 0 Å². The molecule has 0 radical (unpaired) electrons. The maximum atomic E-state index is 9.01.